The molecule has 1 amide bonds. The largest absolute Gasteiger partial charge is 0.378 e. The highest BCUT2D eigenvalue weighted by Crippen LogP contribution is 2.32. The topological polar surface area (TPSA) is 71.9 Å². The number of anilines is 3. The first-order valence-electron chi connectivity index (χ1n) is 11.1. The van der Waals surface area contributed by atoms with E-state index in [0.29, 0.717) is 26.1 Å². The molecule has 8 heteroatoms. The zero-order valence-electron chi connectivity index (χ0n) is 18.8. The summed E-state index contributed by atoms with van der Waals surface area (Å²) >= 11 is 0. The van der Waals surface area contributed by atoms with E-state index in [4.69, 9.17) is 9.47 Å². The summed E-state index contributed by atoms with van der Waals surface area (Å²) in [4.78, 5) is 17.5. The fourth-order valence-electron chi connectivity index (χ4n) is 4.34. The van der Waals surface area contributed by atoms with Crippen molar-refractivity contribution in [2.75, 3.05) is 67.7 Å². The van der Waals surface area contributed by atoms with Crippen LogP contribution in [-0.2, 0) is 27.7 Å². The predicted octanol–water partition coefficient (Wildman–Crippen LogP) is 2.28. The van der Waals surface area contributed by atoms with E-state index in [1.54, 1.807) is 0 Å². The van der Waals surface area contributed by atoms with Crippen LogP contribution in [0.5, 0.6) is 0 Å². The van der Waals surface area contributed by atoms with Crippen LogP contribution in [0.25, 0.3) is 0 Å². The van der Waals surface area contributed by atoms with Crippen LogP contribution in [0, 0.1) is 13.8 Å². The molecule has 2 aromatic rings. The molecule has 168 valence electrons. The van der Waals surface area contributed by atoms with Crippen molar-refractivity contribution < 1.29 is 14.3 Å². The van der Waals surface area contributed by atoms with Crippen molar-refractivity contribution in [2.45, 2.75) is 26.7 Å². The van der Waals surface area contributed by atoms with E-state index in [9.17, 15) is 4.79 Å². The van der Waals surface area contributed by atoms with Crippen molar-refractivity contribution in [1.29, 1.82) is 0 Å². The Morgan fingerprint density at radius 2 is 1.68 bits per heavy atom. The molecule has 0 saturated carbocycles. The van der Waals surface area contributed by atoms with Crippen LogP contribution in [-0.4, -0.2) is 68.3 Å². The number of hydrogen-bond donors (Lipinski definition) is 1. The molecule has 0 bridgehead atoms. The lowest BCUT2D eigenvalue weighted by Crippen LogP contribution is -2.38. The molecule has 1 N–H and O–H groups in total. The maximum Gasteiger partial charge on any atom is 0.224 e. The molecular formula is C23H33N5O3. The summed E-state index contributed by atoms with van der Waals surface area (Å²) in [5.74, 6) is 0.0243. The molecule has 2 aliphatic rings. The van der Waals surface area contributed by atoms with E-state index in [-0.39, 0.29) is 5.91 Å². The Morgan fingerprint density at radius 3 is 2.29 bits per heavy atom. The van der Waals surface area contributed by atoms with E-state index >= 15 is 0 Å². The number of morpholine rings is 2. The molecule has 0 radical (unpaired) electrons. The minimum absolute atomic E-state index is 0.0243. The lowest BCUT2D eigenvalue weighted by molar-refractivity contribution is -0.116. The molecule has 3 heterocycles. The van der Waals surface area contributed by atoms with Crippen LogP contribution in [0.1, 0.15) is 23.4 Å². The van der Waals surface area contributed by atoms with Gasteiger partial charge in [0.05, 0.1) is 43.5 Å². The molecule has 8 nitrogen and oxygen atoms in total. The van der Waals surface area contributed by atoms with E-state index in [1.807, 2.05) is 31.6 Å². The van der Waals surface area contributed by atoms with Gasteiger partial charge in [0.2, 0.25) is 5.91 Å². The van der Waals surface area contributed by atoms with Gasteiger partial charge in [0, 0.05) is 51.0 Å². The third-order valence-corrected chi connectivity index (χ3v) is 6.24. The quantitative estimate of drug-likeness (QED) is 0.763. The number of rotatable bonds is 6. The van der Waals surface area contributed by atoms with Gasteiger partial charge in [-0.2, -0.15) is 5.10 Å². The lowest BCUT2D eigenvalue weighted by Gasteiger charge is -2.33. The summed E-state index contributed by atoms with van der Waals surface area (Å²) in [6.07, 6.45) is 1.12. The molecule has 2 fully saturated rings. The number of carbonyl (C=O) groups is 1. The molecule has 2 aliphatic heterocycles. The first kappa shape index (κ1) is 21.6. The number of hydrogen-bond acceptors (Lipinski definition) is 6. The van der Waals surface area contributed by atoms with E-state index in [2.05, 4.69) is 32.3 Å². The summed E-state index contributed by atoms with van der Waals surface area (Å²) in [7, 11) is 1.94. The van der Waals surface area contributed by atoms with Crippen molar-refractivity contribution in [3.8, 4) is 0 Å². The number of nitrogens with one attached hydrogen (secondary N) is 1. The van der Waals surface area contributed by atoms with Crippen LogP contribution >= 0.6 is 0 Å². The smallest absolute Gasteiger partial charge is 0.224 e. The third-order valence-electron chi connectivity index (χ3n) is 6.24. The van der Waals surface area contributed by atoms with Gasteiger partial charge in [-0.15, -0.1) is 0 Å². The second kappa shape index (κ2) is 9.70. The SMILES string of the molecule is Cc1nn(C)c(C)c1CCC(=O)Nc1ccc(N2CCOCC2)cc1N1CCOCC1. The van der Waals surface area contributed by atoms with Crippen molar-refractivity contribution in [2.24, 2.45) is 7.05 Å². The number of nitrogens with zero attached hydrogens (tertiary/aromatic N) is 4. The number of amides is 1. The van der Waals surface area contributed by atoms with Gasteiger partial charge >= 0.3 is 0 Å². The second-order valence-corrected chi connectivity index (χ2v) is 8.22. The molecule has 2 saturated heterocycles. The Hall–Kier alpha value is -2.58. The summed E-state index contributed by atoms with van der Waals surface area (Å²) in [5, 5.41) is 7.62. The highest BCUT2D eigenvalue weighted by molar-refractivity contribution is 5.95. The van der Waals surface area contributed by atoms with Crippen LogP contribution in [0.2, 0.25) is 0 Å². The molecule has 31 heavy (non-hydrogen) atoms. The Morgan fingerprint density at radius 1 is 1.03 bits per heavy atom. The maximum atomic E-state index is 12.8. The standard InChI is InChI=1S/C23H33N5O3/c1-17-20(18(2)26(3)25-17)5-7-23(29)24-21-6-4-19(27-8-12-30-13-9-27)16-22(21)28-10-14-31-15-11-28/h4,6,16H,5,7-15H2,1-3H3,(H,24,29). The van der Waals surface area contributed by atoms with E-state index in [1.165, 1.54) is 5.69 Å². The lowest BCUT2D eigenvalue weighted by atomic mass is 10.1. The molecule has 1 aromatic heterocycles. The van der Waals surface area contributed by atoms with Gasteiger partial charge in [0.1, 0.15) is 0 Å². The summed E-state index contributed by atoms with van der Waals surface area (Å²) < 4.78 is 12.9. The van der Waals surface area contributed by atoms with Crippen LogP contribution in [0.15, 0.2) is 18.2 Å². The molecule has 0 spiro atoms. The summed E-state index contributed by atoms with van der Waals surface area (Å²) in [6.45, 7) is 10.4. The minimum Gasteiger partial charge on any atom is -0.378 e. The van der Waals surface area contributed by atoms with E-state index < -0.39 is 0 Å². The third kappa shape index (κ3) is 5.02. The Labute approximate surface area is 184 Å². The predicted molar refractivity (Wildman–Crippen MR) is 122 cm³/mol. The highest BCUT2D eigenvalue weighted by atomic mass is 16.5. The van der Waals surface area contributed by atoms with Gasteiger partial charge in [-0.05, 0) is 44.0 Å². The number of aryl methyl sites for hydroxylation is 2. The molecule has 4 rings (SSSR count). The Bertz CT molecular complexity index is 914. The average Bonchev–Trinajstić information content (AvgIpc) is 3.04. The second-order valence-electron chi connectivity index (χ2n) is 8.22. The van der Waals surface area contributed by atoms with Crippen molar-refractivity contribution >= 4 is 23.0 Å². The van der Waals surface area contributed by atoms with Crippen molar-refractivity contribution in [1.82, 2.24) is 9.78 Å². The fraction of sp³-hybridized carbons (Fsp3) is 0.565. The average molecular weight is 428 g/mol. The first-order chi connectivity index (χ1) is 15.0. The number of ether oxygens (including phenoxy) is 2. The van der Waals surface area contributed by atoms with Gasteiger partial charge in [-0.25, -0.2) is 0 Å². The zero-order valence-corrected chi connectivity index (χ0v) is 18.8. The summed E-state index contributed by atoms with van der Waals surface area (Å²) in [6, 6.07) is 6.33. The maximum absolute atomic E-state index is 12.8. The normalized spacial score (nSPS) is 17.1. The highest BCUT2D eigenvalue weighted by Gasteiger charge is 2.20. The van der Waals surface area contributed by atoms with Crippen LogP contribution in [0.3, 0.4) is 0 Å². The molecule has 1 aromatic carbocycles. The molecule has 0 unspecified atom stereocenters. The number of benzene rings is 1. The van der Waals surface area contributed by atoms with Gasteiger partial charge in [0.15, 0.2) is 0 Å². The minimum atomic E-state index is 0.0243. The van der Waals surface area contributed by atoms with Crippen molar-refractivity contribution in [3.63, 3.8) is 0 Å². The van der Waals surface area contributed by atoms with Gasteiger partial charge in [0.25, 0.3) is 0 Å². The van der Waals surface area contributed by atoms with Gasteiger partial charge in [-0.3, -0.25) is 9.48 Å². The Kier molecular flexibility index (Phi) is 6.77. The van der Waals surface area contributed by atoms with Crippen LogP contribution in [0.4, 0.5) is 17.1 Å². The fourth-order valence-corrected chi connectivity index (χ4v) is 4.34. The summed E-state index contributed by atoms with van der Waals surface area (Å²) in [5.41, 5.74) is 6.38. The van der Waals surface area contributed by atoms with Gasteiger partial charge < -0.3 is 24.6 Å². The van der Waals surface area contributed by atoms with Crippen LogP contribution < -0.4 is 15.1 Å². The van der Waals surface area contributed by atoms with Gasteiger partial charge in [-0.1, -0.05) is 0 Å². The molecule has 0 aliphatic carbocycles. The zero-order chi connectivity index (χ0) is 21.8. The monoisotopic (exact) mass is 427 g/mol. The van der Waals surface area contributed by atoms with E-state index in [0.717, 1.165) is 67.7 Å². The first-order valence-corrected chi connectivity index (χ1v) is 11.1. The Balaban J connectivity index is 1.49. The molecular weight excluding hydrogens is 394 g/mol. The number of aromatic nitrogens is 2. The molecule has 0 atom stereocenters. The number of carbonyl (C=O) groups excluding carboxylic acids is 1. The van der Waals surface area contributed by atoms with Crippen molar-refractivity contribution in [3.05, 3.63) is 35.2 Å².